The van der Waals surface area contributed by atoms with Gasteiger partial charge in [-0.1, -0.05) is 61.9 Å². The summed E-state index contributed by atoms with van der Waals surface area (Å²) in [5, 5.41) is 1.14. The highest BCUT2D eigenvalue weighted by molar-refractivity contribution is 5.97. The van der Waals surface area contributed by atoms with E-state index in [1.807, 2.05) is 36.4 Å². The van der Waals surface area contributed by atoms with Gasteiger partial charge < -0.3 is 9.64 Å². The number of methoxy groups -OCH3 is 1. The number of esters is 1. The third-order valence-corrected chi connectivity index (χ3v) is 5.99. The van der Waals surface area contributed by atoms with Crippen LogP contribution in [0, 0.1) is 6.92 Å². The Morgan fingerprint density at radius 2 is 1.73 bits per heavy atom. The highest BCUT2D eigenvalue weighted by Crippen LogP contribution is 2.30. The molecule has 0 fully saturated rings. The SMILES string of the molecule is CCCCN(Cc1ccc(C(=O)OC)c(-c2ccccc2C)c1)c1ccc2ccccc2n1. The van der Waals surface area contributed by atoms with Gasteiger partial charge in [-0.25, -0.2) is 9.78 Å². The maximum Gasteiger partial charge on any atom is 0.338 e. The number of hydrogen-bond acceptors (Lipinski definition) is 4. The summed E-state index contributed by atoms with van der Waals surface area (Å²) in [4.78, 5) is 19.8. The number of benzene rings is 3. The zero-order valence-corrected chi connectivity index (χ0v) is 19.5. The van der Waals surface area contributed by atoms with E-state index >= 15 is 0 Å². The number of hydrogen-bond donors (Lipinski definition) is 0. The monoisotopic (exact) mass is 438 g/mol. The Kier molecular flexibility index (Phi) is 7.04. The molecule has 0 spiro atoms. The number of nitrogens with zero attached hydrogens (tertiary/aromatic N) is 2. The first-order chi connectivity index (χ1) is 16.1. The molecule has 0 saturated carbocycles. The molecule has 33 heavy (non-hydrogen) atoms. The zero-order valence-electron chi connectivity index (χ0n) is 19.5. The summed E-state index contributed by atoms with van der Waals surface area (Å²) in [7, 11) is 1.43. The average molecular weight is 439 g/mol. The summed E-state index contributed by atoms with van der Waals surface area (Å²) in [5.41, 5.74) is 5.78. The van der Waals surface area contributed by atoms with Crippen LogP contribution in [0.25, 0.3) is 22.0 Å². The molecule has 0 aliphatic rings. The van der Waals surface area contributed by atoms with E-state index in [0.29, 0.717) is 12.1 Å². The standard InChI is InChI=1S/C29H30N2O2/c1-4-5-18-31(28-17-15-23-11-7-9-13-27(23)30-28)20-22-14-16-25(29(32)33-3)26(19-22)24-12-8-6-10-21(24)2/h6-17,19H,4-5,18,20H2,1-3H3. The first kappa shape index (κ1) is 22.5. The summed E-state index contributed by atoms with van der Waals surface area (Å²) < 4.78 is 5.06. The van der Waals surface area contributed by atoms with Gasteiger partial charge in [-0.2, -0.15) is 0 Å². The summed E-state index contributed by atoms with van der Waals surface area (Å²) in [5.74, 6) is 0.649. The molecule has 168 valence electrons. The molecule has 0 unspecified atom stereocenters. The number of para-hydroxylation sites is 1. The molecular formula is C29H30N2O2. The number of carbonyl (C=O) groups is 1. The Hall–Kier alpha value is -3.66. The topological polar surface area (TPSA) is 42.4 Å². The summed E-state index contributed by atoms with van der Waals surface area (Å²) in [6.45, 7) is 5.90. The lowest BCUT2D eigenvalue weighted by atomic mass is 9.94. The van der Waals surface area contributed by atoms with Crippen molar-refractivity contribution in [2.24, 2.45) is 0 Å². The second kappa shape index (κ2) is 10.3. The van der Waals surface area contributed by atoms with Gasteiger partial charge in [0.1, 0.15) is 5.82 Å². The molecule has 4 heteroatoms. The maximum absolute atomic E-state index is 12.5. The van der Waals surface area contributed by atoms with Crippen LogP contribution >= 0.6 is 0 Å². The third-order valence-electron chi connectivity index (χ3n) is 5.99. The van der Waals surface area contributed by atoms with Crippen LogP contribution in [0.15, 0.2) is 78.9 Å². The molecule has 0 N–H and O–H groups in total. The maximum atomic E-state index is 12.5. The van der Waals surface area contributed by atoms with Crippen LogP contribution in [-0.4, -0.2) is 24.6 Å². The van der Waals surface area contributed by atoms with E-state index in [0.717, 1.165) is 58.4 Å². The van der Waals surface area contributed by atoms with Crippen molar-refractivity contribution in [3.63, 3.8) is 0 Å². The quantitative estimate of drug-likeness (QED) is 0.284. The fourth-order valence-corrected chi connectivity index (χ4v) is 4.15. The van der Waals surface area contributed by atoms with Gasteiger partial charge >= 0.3 is 5.97 Å². The molecule has 0 saturated heterocycles. The lowest BCUT2D eigenvalue weighted by Gasteiger charge is -2.25. The molecule has 0 aliphatic heterocycles. The number of fused-ring (bicyclic) bond motifs is 1. The number of carbonyl (C=O) groups excluding carboxylic acids is 1. The van der Waals surface area contributed by atoms with Crippen LogP contribution in [0.1, 0.15) is 41.3 Å². The van der Waals surface area contributed by atoms with Crippen molar-refractivity contribution in [3.05, 3.63) is 95.6 Å². The molecule has 0 amide bonds. The van der Waals surface area contributed by atoms with Crippen LogP contribution < -0.4 is 4.90 Å². The average Bonchev–Trinajstić information content (AvgIpc) is 2.86. The lowest BCUT2D eigenvalue weighted by molar-refractivity contribution is 0.0601. The molecule has 4 aromatic rings. The molecule has 3 aromatic carbocycles. The lowest BCUT2D eigenvalue weighted by Crippen LogP contribution is -2.25. The van der Waals surface area contributed by atoms with Crippen molar-refractivity contribution in [3.8, 4) is 11.1 Å². The Morgan fingerprint density at radius 3 is 2.52 bits per heavy atom. The van der Waals surface area contributed by atoms with Gasteiger partial charge in [-0.05, 0) is 65.9 Å². The number of ether oxygens (including phenoxy) is 1. The molecule has 0 bridgehead atoms. The van der Waals surface area contributed by atoms with E-state index in [4.69, 9.17) is 9.72 Å². The van der Waals surface area contributed by atoms with Crippen LogP contribution in [0.3, 0.4) is 0 Å². The van der Waals surface area contributed by atoms with E-state index < -0.39 is 0 Å². The van der Waals surface area contributed by atoms with Gasteiger partial charge in [-0.15, -0.1) is 0 Å². The predicted molar refractivity (Wildman–Crippen MR) is 136 cm³/mol. The highest BCUT2D eigenvalue weighted by Gasteiger charge is 2.17. The van der Waals surface area contributed by atoms with Crippen molar-refractivity contribution in [1.29, 1.82) is 0 Å². The Balaban J connectivity index is 1.73. The molecule has 4 nitrogen and oxygen atoms in total. The number of pyridine rings is 1. The van der Waals surface area contributed by atoms with E-state index in [2.05, 4.69) is 61.2 Å². The summed E-state index contributed by atoms with van der Waals surface area (Å²) >= 11 is 0. The fourth-order valence-electron chi connectivity index (χ4n) is 4.15. The van der Waals surface area contributed by atoms with E-state index in [1.165, 1.54) is 7.11 Å². The van der Waals surface area contributed by atoms with E-state index in [-0.39, 0.29) is 5.97 Å². The minimum atomic E-state index is -0.321. The molecule has 1 heterocycles. The number of anilines is 1. The minimum absolute atomic E-state index is 0.321. The number of aromatic nitrogens is 1. The number of unbranched alkanes of at least 4 members (excludes halogenated alkanes) is 1. The van der Waals surface area contributed by atoms with Gasteiger partial charge in [-0.3, -0.25) is 0 Å². The van der Waals surface area contributed by atoms with Crippen LogP contribution in [0.5, 0.6) is 0 Å². The first-order valence-corrected chi connectivity index (χ1v) is 11.5. The molecule has 0 radical (unpaired) electrons. The van der Waals surface area contributed by atoms with E-state index in [1.54, 1.807) is 0 Å². The van der Waals surface area contributed by atoms with Crippen LogP contribution in [-0.2, 0) is 11.3 Å². The number of rotatable bonds is 8. The molecular weight excluding hydrogens is 408 g/mol. The summed E-state index contributed by atoms with van der Waals surface area (Å²) in [6, 6.07) is 26.6. The van der Waals surface area contributed by atoms with Crippen molar-refractivity contribution < 1.29 is 9.53 Å². The second-order valence-corrected chi connectivity index (χ2v) is 8.32. The molecule has 0 aliphatic carbocycles. The van der Waals surface area contributed by atoms with Crippen molar-refractivity contribution in [2.75, 3.05) is 18.6 Å². The molecule has 0 atom stereocenters. The Labute approximate surface area is 195 Å². The Morgan fingerprint density at radius 1 is 0.939 bits per heavy atom. The van der Waals surface area contributed by atoms with Crippen molar-refractivity contribution in [2.45, 2.75) is 33.2 Å². The molecule has 1 aromatic heterocycles. The van der Waals surface area contributed by atoms with Crippen molar-refractivity contribution >= 4 is 22.7 Å². The van der Waals surface area contributed by atoms with Gasteiger partial charge in [0.2, 0.25) is 0 Å². The smallest absolute Gasteiger partial charge is 0.338 e. The van der Waals surface area contributed by atoms with E-state index in [9.17, 15) is 4.79 Å². The Bertz CT molecular complexity index is 1270. The largest absolute Gasteiger partial charge is 0.465 e. The predicted octanol–water partition coefficient (Wildman–Crippen LogP) is 6.80. The first-order valence-electron chi connectivity index (χ1n) is 11.5. The third kappa shape index (κ3) is 5.06. The normalized spacial score (nSPS) is 10.9. The van der Waals surface area contributed by atoms with Crippen molar-refractivity contribution in [1.82, 2.24) is 4.98 Å². The summed E-state index contributed by atoms with van der Waals surface area (Å²) in [6.07, 6.45) is 2.19. The van der Waals surface area contributed by atoms with Crippen LogP contribution in [0.4, 0.5) is 5.82 Å². The fraction of sp³-hybridized carbons (Fsp3) is 0.241. The number of aryl methyl sites for hydroxylation is 1. The van der Waals surface area contributed by atoms with Gasteiger partial charge in [0.05, 0.1) is 18.2 Å². The zero-order chi connectivity index (χ0) is 23.2. The minimum Gasteiger partial charge on any atom is -0.465 e. The van der Waals surface area contributed by atoms with Gasteiger partial charge in [0, 0.05) is 18.5 Å². The second-order valence-electron chi connectivity index (χ2n) is 8.32. The molecule has 4 rings (SSSR count). The van der Waals surface area contributed by atoms with Gasteiger partial charge in [0.15, 0.2) is 0 Å². The van der Waals surface area contributed by atoms with Crippen LogP contribution in [0.2, 0.25) is 0 Å². The van der Waals surface area contributed by atoms with Gasteiger partial charge in [0.25, 0.3) is 0 Å². The highest BCUT2D eigenvalue weighted by atomic mass is 16.5.